The lowest BCUT2D eigenvalue weighted by molar-refractivity contribution is 0.386. The fourth-order valence-corrected chi connectivity index (χ4v) is 4.34. The highest BCUT2D eigenvalue weighted by molar-refractivity contribution is 5.63. The number of fused-ring (bicyclic) bond motifs is 1. The van der Waals surface area contributed by atoms with E-state index in [-0.39, 0.29) is 11.3 Å². The molecule has 3 aromatic rings. The predicted molar refractivity (Wildman–Crippen MR) is 118 cm³/mol. The van der Waals surface area contributed by atoms with Gasteiger partial charge in [0.05, 0.1) is 18.5 Å². The molecular formula is C24H28FN3O2. The largest absolute Gasteiger partial charge is 0.494 e. The van der Waals surface area contributed by atoms with E-state index in [1.165, 1.54) is 38.5 Å². The van der Waals surface area contributed by atoms with Crippen LogP contribution in [0.5, 0.6) is 5.75 Å². The van der Waals surface area contributed by atoms with Crippen molar-refractivity contribution < 1.29 is 9.13 Å². The van der Waals surface area contributed by atoms with Gasteiger partial charge >= 0.3 is 0 Å². The van der Waals surface area contributed by atoms with E-state index in [4.69, 9.17) is 4.74 Å². The van der Waals surface area contributed by atoms with Crippen molar-refractivity contribution in [2.45, 2.75) is 33.1 Å². The van der Waals surface area contributed by atoms with Crippen molar-refractivity contribution in [1.29, 1.82) is 0 Å². The number of benzene rings is 1. The Morgan fingerprint density at radius 3 is 2.77 bits per heavy atom. The average molecular weight is 410 g/mol. The zero-order valence-corrected chi connectivity index (χ0v) is 17.8. The standard InChI is InChI=1S/C24H28FN3O2/c1-4-5-6-18-14-27(13-16(18)2)19-8-10-23-26-21(12-24(29)28(23)15-19)17-7-9-22(30-3)20(25)11-17/h7-12,15-16,18H,4-6,13-14H2,1-3H3. The third-order valence-corrected chi connectivity index (χ3v) is 6.15. The maximum Gasteiger partial charge on any atom is 0.258 e. The van der Waals surface area contributed by atoms with E-state index in [1.54, 1.807) is 16.5 Å². The Labute approximate surface area is 176 Å². The first-order valence-corrected chi connectivity index (χ1v) is 10.6. The lowest BCUT2D eigenvalue weighted by atomic mass is 9.93. The van der Waals surface area contributed by atoms with Crippen molar-refractivity contribution in [3.05, 3.63) is 58.8 Å². The zero-order valence-electron chi connectivity index (χ0n) is 17.8. The number of aromatic nitrogens is 2. The second-order valence-electron chi connectivity index (χ2n) is 8.23. The Balaban J connectivity index is 1.64. The molecule has 2 atom stereocenters. The molecule has 0 spiro atoms. The molecule has 1 saturated heterocycles. The fraction of sp³-hybridized carbons (Fsp3) is 0.417. The van der Waals surface area contributed by atoms with E-state index in [0.29, 0.717) is 28.7 Å². The molecule has 4 rings (SSSR count). The summed E-state index contributed by atoms with van der Waals surface area (Å²) in [4.78, 5) is 19.7. The van der Waals surface area contributed by atoms with Crippen molar-refractivity contribution in [2.24, 2.45) is 11.8 Å². The van der Waals surface area contributed by atoms with Crippen LogP contribution >= 0.6 is 0 Å². The number of ether oxygens (including phenoxy) is 1. The monoisotopic (exact) mass is 409 g/mol. The number of hydrogen-bond acceptors (Lipinski definition) is 4. The van der Waals surface area contributed by atoms with E-state index >= 15 is 0 Å². The second-order valence-corrected chi connectivity index (χ2v) is 8.23. The highest BCUT2D eigenvalue weighted by Gasteiger charge is 2.29. The number of anilines is 1. The van der Waals surface area contributed by atoms with Crippen molar-refractivity contribution >= 4 is 11.3 Å². The van der Waals surface area contributed by atoms with Crippen molar-refractivity contribution in [2.75, 3.05) is 25.1 Å². The first kappa shape index (κ1) is 20.4. The SMILES string of the molecule is CCCCC1CN(c2ccc3nc(-c4ccc(OC)c(F)c4)cc(=O)n3c2)CC1C. The zero-order chi connectivity index (χ0) is 21.3. The second kappa shape index (κ2) is 8.46. The smallest absolute Gasteiger partial charge is 0.258 e. The number of methoxy groups -OCH3 is 1. The van der Waals surface area contributed by atoms with Crippen LogP contribution in [0.4, 0.5) is 10.1 Å². The molecule has 158 valence electrons. The molecule has 5 nitrogen and oxygen atoms in total. The first-order chi connectivity index (χ1) is 14.5. The predicted octanol–water partition coefficient (Wildman–Crippen LogP) is 4.77. The van der Waals surface area contributed by atoms with E-state index in [1.807, 2.05) is 18.3 Å². The third-order valence-electron chi connectivity index (χ3n) is 6.15. The molecule has 0 aliphatic carbocycles. The van der Waals surface area contributed by atoms with Crippen LogP contribution in [0.25, 0.3) is 16.9 Å². The summed E-state index contributed by atoms with van der Waals surface area (Å²) in [6.07, 6.45) is 5.61. The van der Waals surface area contributed by atoms with E-state index < -0.39 is 5.82 Å². The molecule has 1 aromatic carbocycles. The Morgan fingerprint density at radius 1 is 1.20 bits per heavy atom. The number of hydrogen-bond donors (Lipinski definition) is 0. The van der Waals surface area contributed by atoms with E-state index in [2.05, 4.69) is 23.7 Å². The Morgan fingerprint density at radius 2 is 2.03 bits per heavy atom. The minimum atomic E-state index is -0.479. The molecule has 1 fully saturated rings. The summed E-state index contributed by atoms with van der Waals surface area (Å²) in [5, 5.41) is 0. The normalized spacial score (nSPS) is 18.9. The summed E-state index contributed by atoms with van der Waals surface area (Å²) >= 11 is 0. The van der Waals surface area contributed by atoms with Gasteiger partial charge in [-0.15, -0.1) is 0 Å². The number of halogens is 1. The number of rotatable bonds is 6. The Hall–Kier alpha value is -2.89. The van der Waals surface area contributed by atoms with Crippen LogP contribution < -0.4 is 15.2 Å². The van der Waals surface area contributed by atoms with Crippen LogP contribution in [0.2, 0.25) is 0 Å². The maximum absolute atomic E-state index is 14.1. The van der Waals surface area contributed by atoms with Crippen molar-refractivity contribution in [1.82, 2.24) is 9.38 Å². The summed E-state index contributed by atoms with van der Waals surface area (Å²) < 4.78 is 20.6. The van der Waals surface area contributed by atoms with Gasteiger partial charge in [-0.3, -0.25) is 9.20 Å². The fourth-order valence-electron chi connectivity index (χ4n) is 4.34. The lowest BCUT2D eigenvalue weighted by Crippen LogP contribution is -2.22. The van der Waals surface area contributed by atoms with Gasteiger partial charge in [0.1, 0.15) is 5.65 Å². The van der Waals surface area contributed by atoms with Crippen LogP contribution in [-0.4, -0.2) is 29.6 Å². The minimum absolute atomic E-state index is 0.165. The Kier molecular flexibility index (Phi) is 5.75. The maximum atomic E-state index is 14.1. The van der Waals surface area contributed by atoms with E-state index in [0.717, 1.165) is 18.8 Å². The highest BCUT2D eigenvalue weighted by Crippen LogP contribution is 2.31. The van der Waals surface area contributed by atoms with Crippen LogP contribution in [0, 0.1) is 17.7 Å². The van der Waals surface area contributed by atoms with Gasteiger partial charge < -0.3 is 9.64 Å². The van der Waals surface area contributed by atoms with Gasteiger partial charge in [-0.25, -0.2) is 9.37 Å². The lowest BCUT2D eigenvalue weighted by Gasteiger charge is -2.19. The van der Waals surface area contributed by atoms with Crippen molar-refractivity contribution in [3.63, 3.8) is 0 Å². The van der Waals surface area contributed by atoms with Crippen LogP contribution in [0.15, 0.2) is 47.4 Å². The quantitative estimate of drug-likeness (QED) is 0.588. The van der Waals surface area contributed by atoms with Gasteiger partial charge in [-0.05, 0) is 48.6 Å². The highest BCUT2D eigenvalue weighted by atomic mass is 19.1. The summed E-state index contributed by atoms with van der Waals surface area (Å²) in [6, 6.07) is 9.93. The van der Waals surface area contributed by atoms with Crippen molar-refractivity contribution in [3.8, 4) is 17.0 Å². The molecule has 1 aliphatic rings. The third kappa shape index (κ3) is 3.91. The molecule has 0 N–H and O–H groups in total. The molecular weight excluding hydrogens is 381 g/mol. The topological polar surface area (TPSA) is 46.8 Å². The molecule has 6 heteroatoms. The summed E-state index contributed by atoms with van der Waals surface area (Å²) in [6.45, 7) is 6.58. The van der Waals surface area contributed by atoms with Crippen LogP contribution in [-0.2, 0) is 0 Å². The summed E-state index contributed by atoms with van der Waals surface area (Å²) in [7, 11) is 1.42. The van der Waals surface area contributed by atoms with Gasteiger partial charge in [0, 0.05) is 30.9 Å². The summed E-state index contributed by atoms with van der Waals surface area (Å²) in [5.74, 6) is 1.03. The first-order valence-electron chi connectivity index (χ1n) is 10.6. The molecule has 0 amide bonds. The number of nitrogens with zero attached hydrogens (tertiary/aromatic N) is 3. The number of pyridine rings is 1. The van der Waals surface area contributed by atoms with Gasteiger partial charge in [-0.1, -0.05) is 26.7 Å². The average Bonchev–Trinajstić information content (AvgIpc) is 3.12. The van der Waals surface area contributed by atoms with Crippen LogP contribution in [0.3, 0.4) is 0 Å². The Bertz CT molecular complexity index is 1110. The van der Waals surface area contributed by atoms with Gasteiger partial charge in [-0.2, -0.15) is 0 Å². The van der Waals surface area contributed by atoms with Gasteiger partial charge in [0.2, 0.25) is 0 Å². The van der Waals surface area contributed by atoms with E-state index in [9.17, 15) is 9.18 Å². The number of unbranched alkanes of at least 4 members (excludes halogenated alkanes) is 1. The molecule has 1 aliphatic heterocycles. The summed E-state index contributed by atoms with van der Waals surface area (Å²) in [5.41, 5.74) is 2.41. The molecule has 2 unspecified atom stereocenters. The molecule has 0 radical (unpaired) electrons. The molecule has 0 bridgehead atoms. The van der Waals surface area contributed by atoms with Crippen LogP contribution in [0.1, 0.15) is 33.1 Å². The molecule has 2 aromatic heterocycles. The van der Waals surface area contributed by atoms with Gasteiger partial charge in [0.15, 0.2) is 11.6 Å². The molecule has 3 heterocycles. The molecule has 0 saturated carbocycles. The van der Waals surface area contributed by atoms with Gasteiger partial charge in [0.25, 0.3) is 5.56 Å². The molecule has 30 heavy (non-hydrogen) atoms. The minimum Gasteiger partial charge on any atom is -0.494 e.